The molecule has 1 aromatic heterocycles. The fourth-order valence-corrected chi connectivity index (χ4v) is 5.66. The number of benzene rings is 2. The van der Waals surface area contributed by atoms with Crippen LogP contribution in [-0.4, -0.2) is 46.7 Å². The summed E-state index contributed by atoms with van der Waals surface area (Å²) in [6.07, 6.45) is 2.83. The number of ether oxygens (including phenoxy) is 1. The molecule has 40 heavy (non-hydrogen) atoms. The van der Waals surface area contributed by atoms with E-state index in [0.29, 0.717) is 37.5 Å². The average molecular weight is 564 g/mol. The Hall–Kier alpha value is -3.58. The maximum Gasteiger partial charge on any atom is 0.410 e. The Labute approximate surface area is 241 Å². The van der Waals surface area contributed by atoms with Gasteiger partial charge in [-0.05, 0) is 79.5 Å². The first kappa shape index (κ1) is 29.4. The van der Waals surface area contributed by atoms with E-state index in [1.54, 1.807) is 28.8 Å². The summed E-state index contributed by atoms with van der Waals surface area (Å²) in [6, 6.07) is 17.8. The van der Waals surface area contributed by atoms with Gasteiger partial charge in [-0.25, -0.2) is 4.79 Å². The van der Waals surface area contributed by atoms with Crippen molar-refractivity contribution in [2.45, 2.75) is 58.0 Å². The van der Waals surface area contributed by atoms with Crippen molar-refractivity contribution >= 4 is 23.6 Å². The Balaban J connectivity index is 1.68. The minimum atomic E-state index is -0.596. The van der Waals surface area contributed by atoms with E-state index < -0.39 is 5.60 Å². The number of likely N-dealkylation sites (tertiary alicyclic amines) is 1. The molecule has 4 rings (SSSR count). The van der Waals surface area contributed by atoms with Gasteiger partial charge < -0.3 is 19.5 Å². The van der Waals surface area contributed by atoms with Gasteiger partial charge >= 0.3 is 6.09 Å². The fourth-order valence-electron chi connectivity index (χ4n) is 5.34. The number of pyridine rings is 1. The number of aryl methyl sites for hydroxylation is 1. The number of hydrogen-bond donors (Lipinski definition) is 1. The summed E-state index contributed by atoms with van der Waals surface area (Å²) in [5, 5.41) is 3.47. The Morgan fingerprint density at radius 3 is 2.50 bits per heavy atom. The van der Waals surface area contributed by atoms with Gasteiger partial charge in [0.15, 0.2) is 0 Å². The van der Waals surface area contributed by atoms with Crippen LogP contribution in [0.5, 0.6) is 0 Å². The number of nitrogens with zero attached hydrogens (tertiary/aromatic N) is 2. The molecule has 0 radical (unpaired) electrons. The standard InChI is InChI=1S/C32H38ClN3O4/c1-21(37)34-15-12-22-8-6-7-9-25(22)23-10-11-27(29(33)18-23)28-20-36(31(39)40-32(2,3)4)17-14-26(28)24-13-16-35(5)30(38)19-24/h6-11,13,16,18-19,26,28H,12,14-15,17,20H2,1-5H3,(H,34,37)/t26-,28+/m1/s1. The van der Waals surface area contributed by atoms with Gasteiger partial charge in [-0.15, -0.1) is 0 Å². The van der Waals surface area contributed by atoms with Crippen molar-refractivity contribution in [3.05, 3.63) is 92.9 Å². The van der Waals surface area contributed by atoms with E-state index in [-0.39, 0.29) is 29.4 Å². The smallest absolute Gasteiger partial charge is 0.410 e. The number of nitrogens with one attached hydrogen (secondary N) is 1. The molecule has 2 amide bonds. The molecule has 0 unspecified atom stereocenters. The SMILES string of the molecule is CC(=O)NCCc1ccccc1-c1ccc([C@H]2CN(C(=O)OC(C)(C)C)CC[C@@H]2c2ccn(C)c(=O)c2)c(Cl)c1. The lowest BCUT2D eigenvalue weighted by atomic mass is 9.76. The molecule has 1 fully saturated rings. The van der Waals surface area contributed by atoms with Crippen LogP contribution in [0.2, 0.25) is 5.02 Å². The second-order valence-corrected chi connectivity index (χ2v) is 11.9. The van der Waals surface area contributed by atoms with Crippen molar-refractivity contribution in [2.75, 3.05) is 19.6 Å². The van der Waals surface area contributed by atoms with E-state index in [4.69, 9.17) is 16.3 Å². The monoisotopic (exact) mass is 563 g/mol. The molecular weight excluding hydrogens is 526 g/mol. The van der Waals surface area contributed by atoms with E-state index in [1.165, 1.54) is 6.92 Å². The molecule has 2 heterocycles. The molecule has 7 nitrogen and oxygen atoms in total. The summed E-state index contributed by atoms with van der Waals surface area (Å²) in [5.41, 5.74) is 4.37. The van der Waals surface area contributed by atoms with Crippen LogP contribution in [-0.2, 0) is 23.0 Å². The van der Waals surface area contributed by atoms with Crippen LogP contribution >= 0.6 is 11.6 Å². The van der Waals surface area contributed by atoms with Gasteiger partial charge in [-0.3, -0.25) is 9.59 Å². The molecule has 1 aliphatic heterocycles. The third-order valence-corrected chi connectivity index (χ3v) is 7.64. The van der Waals surface area contributed by atoms with Crippen molar-refractivity contribution in [1.82, 2.24) is 14.8 Å². The summed E-state index contributed by atoms with van der Waals surface area (Å²) >= 11 is 7.00. The predicted molar refractivity (Wildman–Crippen MR) is 159 cm³/mol. The normalized spacial score (nSPS) is 17.4. The third-order valence-electron chi connectivity index (χ3n) is 7.32. The fraction of sp³-hybridized carbons (Fsp3) is 0.406. The van der Waals surface area contributed by atoms with Crippen LogP contribution in [0.4, 0.5) is 4.79 Å². The maximum absolute atomic E-state index is 13.0. The number of halogens is 1. The molecule has 0 bridgehead atoms. The zero-order chi connectivity index (χ0) is 29.0. The van der Waals surface area contributed by atoms with E-state index in [9.17, 15) is 14.4 Å². The lowest BCUT2D eigenvalue weighted by Crippen LogP contribution is -2.44. The number of piperidine rings is 1. The number of hydrogen-bond acceptors (Lipinski definition) is 4. The lowest BCUT2D eigenvalue weighted by molar-refractivity contribution is -0.118. The highest BCUT2D eigenvalue weighted by Gasteiger charge is 2.36. The molecule has 0 spiro atoms. The van der Waals surface area contributed by atoms with Gasteiger partial charge in [0.25, 0.3) is 5.56 Å². The molecule has 8 heteroatoms. The van der Waals surface area contributed by atoms with Crippen molar-refractivity contribution in [3.63, 3.8) is 0 Å². The predicted octanol–water partition coefficient (Wildman–Crippen LogP) is 5.89. The number of carbonyl (C=O) groups excluding carboxylic acids is 2. The molecule has 3 aromatic rings. The van der Waals surface area contributed by atoms with E-state index in [2.05, 4.69) is 23.5 Å². The Bertz CT molecular complexity index is 1440. The summed E-state index contributed by atoms with van der Waals surface area (Å²) in [4.78, 5) is 38.6. The molecular formula is C32H38ClN3O4. The molecule has 1 aliphatic rings. The zero-order valence-electron chi connectivity index (χ0n) is 23.9. The number of amides is 2. The quantitative estimate of drug-likeness (QED) is 0.405. The summed E-state index contributed by atoms with van der Waals surface area (Å²) in [5.74, 6) is -0.158. The Morgan fingerprint density at radius 2 is 1.82 bits per heavy atom. The molecule has 2 aromatic carbocycles. The van der Waals surface area contributed by atoms with Crippen LogP contribution in [0.3, 0.4) is 0 Å². The van der Waals surface area contributed by atoms with Crippen LogP contribution in [0.25, 0.3) is 11.1 Å². The Kier molecular flexibility index (Phi) is 9.04. The molecule has 212 valence electrons. The highest BCUT2D eigenvalue weighted by atomic mass is 35.5. The van der Waals surface area contributed by atoms with Crippen LogP contribution in [0, 0.1) is 0 Å². The first-order valence-electron chi connectivity index (χ1n) is 13.7. The van der Waals surface area contributed by atoms with Gasteiger partial charge in [0, 0.05) is 56.8 Å². The molecule has 2 atom stereocenters. The van der Waals surface area contributed by atoms with Gasteiger partial charge in [-0.1, -0.05) is 48.0 Å². The second-order valence-electron chi connectivity index (χ2n) is 11.5. The summed E-state index contributed by atoms with van der Waals surface area (Å²) in [6.45, 7) is 8.61. The van der Waals surface area contributed by atoms with Crippen LogP contribution in [0.1, 0.15) is 62.6 Å². The first-order valence-corrected chi connectivity index (χ1v) is 14.1. The summed E-state index contributed by atoms with van der Waals surface area (Å²) in [7, 11) is 1.73. The van der Waals surface area contributed by atoms with Crippen molar-refractivity contribution in [3.8, 4) is 11.1 Å². The van der Waals surface area contributed by atoms with E-state index >= 15 is 0 Å². The summed E-state index contributed by atoms with van der Waals surface area (Å²) < 4.78 is 7.23. The van der Waals surface area contributed by atoms with E-state index in [0.717, 1.165) is 27.8 Å². The number of rotatable bonds is 6. The number of carbonyl (C=O) groups is 2. The minimum absolute atomic E-state index is 0.0147. The minimum Gasteiger partial charge on any atom is -0.444 e. The largest absolute Gasteiger partial charge is 0.444 e. The number of aromatic nitrogens is 1. The van der Waals surface area contributed by atoms with Crippen molar-refractivity contribution in [2.24, 2.45) is 7.05 Å². The highest BCUT2D eigenvalue weighted by Crippen LogP contribution is 2.43. The lowest BCUT2D eigenvalue weighted by Gasteiger charge is -2.40. The van der Waals surface area contributed by atoms with Crippen molar-refractivity contribution in [1.29, 1.82) is 0 Å². The molecule has 0 saturated carbocycles. The van der Waals surface area contributed by atoms with Gasteiger partial charge in [0.05, 0.1) is 0 Å². The molecule has 1 N–H and O–H groups in total. The zero-order valence-corrected chi connectivity index (χ0v) is 24.6. The topological polar surface area (TPSA) is 80.6 Å². The second kappa shape index (κ2) is 12.3. The first-order chi connectivity index (χ1) is 18.9. The molecule has 0 aliphatic carbocycles. The third kappa shape index (κ3) is 7.13. The van der Waals surface area contributed by atoms with E-state index in [1.807, 2.05) is 51.1 Å². The van der Waals surface area contributed by atoms with Crippen LogP contribution < -0.4 is 10.9 Å². The van der Waals surface area contributed by atoms with Crippen LogP contribution in [0.15, 0.2) is 65.6 Å². The highest BCUT2D eigenvalue weighted by molar-refractivity contribution is 6.31. The Morgan fingerprint density at radius 1 is 1.07 bits per heavy atom. The van der Waals surface area contributed by atoms with Gasteiger partial charge in [0.1, 0.15) is 5.60 Å². The maximum atomic E-state index is 13.0. The van der Waals surface area contributed by atoms with Gasteiger partial charge in [0.2, 0.25) is 5.91 Å². The van der Waals surface area contributed by atoms with Crippen molar-refractivity contribution < 1.29 is 14.3 Å². The molecule has 1 saturated heterocycles. The average Bonchev–Trinajstić information content (AvgIpc) is 2.89. The van der Waals surface area contributed by atoms with Gasteiger partial charge in [-0.2, -0.15) is 0 Å².